The third-order valence-corrected chi connectivity index (χ3v) is 5.79. The molecule has 1 N–H and O–H groups in total. The van der Waals surface area contributed by atoms with Gasteiger partial charge in [-0.05, 0) is 61.0 Å². The second-order valence-electron chi connectivity index (χ2n) is 8.09. The van der Waals surface area contributed by atoms with E-state index >= 15 is 0 Å². The molecule has 36 heavy (non-hydrogen) atoms. The van der Waals surface area contributed by atoms with Crippen molar-refractivity contribution >= 4 is 17.9 Å². The average Bonchev–Trinajstić information content (AvgIpc) is 3.18. The molecule has 0 bridgehead atoms. The van der Waals surface area contributed by atoms with Gasteiger partial charge in [0.2, 0.25) is 0 Å². The Balaban J connectivity index is 1.49. The normalized spacial score (nSPS) is 10.8. The number of rotatable bonds is 9. The first-order valence-electron chi connectivity index (χ1n) is 11.1. The van der Waals surface area contributed by atoms with Gasteiger partial charge < -0.3 is 19.4 Å². The standard InChI is InChI=1S/C28H24F2N2O4/c1-18-25(15-26(32(18)2)24-13-12-23(36-28(29)30)14-20(24)16-33)27(34)31-21-8-10-22(11-9-21)35-17-19-6-4-3-5-7-19/h3-16,28H,17H2,1-2H3,(H,31,34). The van der Waals surface area contributed by atoms with Gasteiger partial charge in [0.25, 0.3) is 5.91 Å². The van der Waals surface area contributed by atoms with Crippen LogP contribution < -0.4 is 14.8 Å². The summed E-state index contributed by atoms with van der Waals surface area (Å²) in [5.41, 5.74) is 4.01. The Morgan fingerprint density at radius 1 is 1.00 bits per heavy atom. The fourth-order valence-electron chi connectivity index (χ4n) is 3.81. The minimum absolute atomic E-state index is 0.115. The van der Waals surface area contributed by atoms with Gasteiger partial charge in [0.15, 0.2) is 6.29 Å². The number of amides is 1. The SMILES string of the molecule is Cc1c(C(=O)Nc2ccc(OCc3ccccc3)cc2)cc(-c2ccc(OC(F)F)cc2C=O)n1C. The maximum atomic E-state index is 13.0. The van der Waals surface area contributed by atoms with Crippen molar-refractivity contribution in [2.45, 2.75) is 20.1 Å². The van der Waals surface area contributed by atoms with Crippen molar-refractivity contribution < 1.29 is 27.8 Å². The van der Waals surface area contributed by atoms with Crippen molar-refractivity contribution in [2.75, 3.05) is 5.32 Å². The fourth-order valence-corrected chi connectivity index (χ4v) is 3.81. The maximum absolute atomic E-state index is 13.0. The summed E-state index contributed by atoms with van der Waals surface area (Å²) < 4.78 is 37.0. The van der Waals surface area contributed by atoms with E-state index in [1.54, 1.807) is 48.9 Å². The van der Waals surface area contributed by atoms with Crippen molar-refractivity contribution in [1.82, 2.24) is 4.57 Å². The summed E-state index contributed by atoms with van der Waals surface area (Å²) in [6.07, 6.45) is 0.567. The molecule has 6 nitrogen and oxygen atoms in total. The van der Waals surface area contributed by atoms with Crippen LogP contribution in [-0.4, -0.2) is 23.4 Å². The molecule has 4 aromatic rings. The first-order valence-corrected chi connectivity index (χ1v) is 11.1. The molecule has 0 unspecified atom stereocenters. The van der Waals surface area contributed by atoms with Crippen molar-refractivity contribution in [3.8, 4) is 22.8 Å². The molecule has 4 rings (SSSR count). The Kier molecular flexibility index (Phi) is 7.44. The van der Waals surface area contributed by atoms with Crippen LogP contribution in [0.2, 0.25) is 0 Å². The number of aldehydes is 1. The Morgan fingerprint density at radius 3 is 2.36 bits per heavy atom. The summed E-state index contributed by atoms with van der Waals surface area (Å²) in [6.45, 7) is -0.767. The third kappa shape index (κ3) is 5.60. The molecule has 1 heterocycles. The van der Waals surface area contributed by atoms with E-state index in [9.17, 15) is 18.4 Å². The van der Waals surface area contributed by atoms with Crippen molar-refractivity contribution in [3.63, 3.8) is 0 Å². The van der Waals surface area contributed by atoms with E-state index in [-0.39, 0.29) is 17.2 Å². The number of anilines is 1. The molecule has 184 valence electrons. The van der Waals surface area contributed by atoms with Crippen LogP contribution in [0.15, 0.2) is 78.9 Å². The monoisotopic (exact) mass is 490 g/mol. The second kappa shape index (κ2) is 10.9. The lowest BCUT2D eigenvalue weighted by molar-refractivity contribution is -0.0498. The summed E-state index contributed by atoms with van der Waals surface area (Å²) in [5.74, 6) is 0.240. The molecular formula is C28H24F2N2O4. The average molecular weight is 491 g/mol. The molecule has 3 aromatic carbocycles. The van der Waals surface area contributed by atoms with Gasteiger partial charge in [-0.2, -0.15) is 8.78 Å². The quantitative estimate of drug-likeness (QED) is 0.282. The number of halogens is 2. The Hall–Kier alpha value is -4.46. The zero-order valence-corrected chi connectivity index (χ0v) is 19.7. The second-order valence-corrected chi connectivity index (χ2v) is 8.09. The van der Waals surface area contributed by atoms with E-state index in [1.165, 1.54) is 18.2 Å². The zero-order valence-electron chi connectivity index (χ0n) is 19.7. The molecule has 1 amide bonds. The largest absolute Gasteiger partial charge is 0.489 e. The highest BCUT2D eigenvalue weighted by atomic mass is 19.3. The molecule has 8 heteroatoms. The number of aromatic nitrogens is 1. The Labute approximate surface area is 207 Å². The maximum Gasteiger partial charge on any atom is 0.387 e. The van der Waals surface area contributed by atoms with Gasteiger partial charge in [-0.25, -0.2) is 0 Å². The first-order chi connectivity index (χ1) is 17.4. The molecule has 1 aromatic heterocycles. The van der Waals surface area contributed by atoms with Crippen LogP contribution in [0.5, 0.6) is 11.5 Å². The Bertz CT molecular complexity index is 1370. The molecular weight excluding hydrogens is 466 g/mol. The molecule has 0 aliphatic carbocycles. The van der Waals surface area contributed by atoms with E-state index in [1.807, 2.05) is 30.3 Å². The van der Waals surface area contributed by atoms with E-state index in [4.69, 9.17) is 4.74 Å². The van der Waals surface area contributed by atoms with Crippen LogP contribution >= 0.6 is 0 Å². The summed E-state index contributed by atoms with van der Waals surface area (Å²) in [5, 5.41) is 2.87. The fraction of sp³-hybridized carbons (Fsp3) is 0.143. The van der Waals surface area contributed by atoms with Gasteiger partial charge >= 0.3 is 6.61 Å². The molecule has 0 radical (unpaired) electrons. The van der Waals surface area contributed by atoms with Gasteiger partial charge in [-0.15, -0.1) is 0 Å². The highest BCUT2D eigenvalue weighted by Gasteiger charge is 2.19. The van der Waals surface area contributed by atoms with Gasteiger partial charge in [0, 0.05) is 35.2 Å². The minimum Gasteiger partial charge on any atom is -0.489 e. The van der Waals surface area contributed by atoms with Gasteiger partial charge in [0.1, 0.15) is 18.1 Å². The minimum atomic E-state index is -2.99. The van der Waals surface area contributed by atoms with Gasteiger partial charge in [-0.3, -0.25) is 9.59 Å². The Morgan fingerprint density at radius 2 is 1.69 bits per heavy atom. The van der Waals surface area contributed by atoms with Crippen molar-refractivity contribution in [3.05, 3.63) is 101 Å². The lowest BCUT2D eigenvalue weighted by Gasteiger charge is -2.10. The summed E-state index contributed by atoms with van der Waals surface area (Å²) in [6, 6.07) is 22.7. The molecule has 0 spiro atoms. The predicted octanol–water partition coefficient (Wildman–Crippen LogP) is 6.25. The van der Waals surface area contributed by atoms with Crippen LogP contribution in [-0.2, 0) is 13.7 Å². The van der Waals surface area contributed by atoms with Crippen LogP contribution in [0, 0.1) is 6.92 Å². The number of nitrogens with zero attached hydrogens (tertiary/aromatic N) is 1. The highest BCUT2D eigenvalue weighted by molar-refractivity contribution is 6.06. The predicted molar refractivity (Wildman–Crippen MR) is 133 cm³/mol. The van der Waals surface area contributed by atoms with Crippen molar-refractivity contribution in [2.24, 2.45) is 7.05 Å². The third-order valence-electron chi connectivity index (χ3n) is 5.79. The number of nitrogens with one attached hydrogen (secondary N) is 1. The van der Waals surface area contributed by atoms with Gasteiger partial charge in [-0.1, -0.05) is 30.3 Å². The van der Waals surface area contributed by atoms with E-state index in [0.717, 1.165) is 5.56 Å². The summed E-state index contributed by atoms with van der Waals surface area (Å²) >= 11 is 0. The molecule has 0 fully saturated rings. The van der Waals surface area contributed by atoms with Gasteiger partial charge in [0.05, 0.1) is 5.56 Å². The number of ether oxygens (including phenoxy) is 2. The van der Waals surface area contributed by atoms with Crippen molar-refractivity contribution in [1.29, 1.82) is 0 Å². The van der Waals surface area contributed by atoms with Crippen LogP contribution in [0.1, 0.15) is 32.0 Å². The number of hydrogen-bond donors (Lipinski definition) is 1. The molecule has 0 aliphatic rings. The molecule has 0 aliphatic heterocycles. The zero-order chi connectivity index (χ0) is 25.7. The van der Waals surface area contributed by atoms with Crippen LogP contribution in [0.25, 0.3) is 11.3 Å². The summed E-state index contributed by atoms with van der Waals surface area (Å²) in [4.78, 5) is 24.7. The molecule has 0 saturated carbocycles. The van der Waals surface area contributed by atoms with Crippen LogP contribution in [0.4, 0.5) is 14.5 Å². The first kappa shape index (κ1) is 24.7. The molecule has 0 saturated heterocycles. The smallest absolute Gasteiger partial charge is 0.387 e. The number of benzene rings is 3. The topological polar surface area (TPSA) is 69.6 Å². The number of alkyl halides is 2. The van der Waals surface area contributed by atoms with E-state index < -0.39 is 6.61 Å². The highest BCUT2D eigenvalue weighted by Crippen LogP contribution is 2.30. The summed E-state index contributed by atoms with van der Waals surface area (Å²) in [7, 11) is 1.76. The number of carbonyl (C=O) groups excluding carboxylic acids is 2. The lowest BCUT2D eigenvalue weighted by atomic mass is 10.0. The molecule has 0 atom stereocenters. The van der Waals surface area contributed by atoms with E-state index in [0.29, 0.717) is 46.8 Å². The van der Waals surface area contributed by atoms with E-state index in [2.05, 4.69) is 10.1 Å². The van der Waals surface area contributed by atoms with Crippen LogP contribution in [0.3, 0.4) is 0 Å². The number of hydrogen-bond acceptors (Lipinski definition) is 4. The lowest BCUT2D eigenvalue weighted by Crippen LogP contribution is -2.12. The number of carbonyl (C=O) groups is 2.